The van der Waals surface area contributed by atoms with E-state index in [1.54, 1.807) is 18.9 Å². The number of rotatable bonds is 9. The van der Waals surface area contributed by atoms with Crippen LogP contribution < -0.4 is 9.21 Å². The first kappa shape index (κ1) is 28.9. The summed E-state index contributed by atoms with van der Waals surface area (Å²) in [5.41, 5.74) is 5.82. The van der Waals surface area contributed by atoms with Gasteiger partial charge in [0.05, 0.1) is 16.3 Å². The Morgan fingerprint density at radius 1 is 0.953 bits per heavy atom. The second-order valence-corrected chi connectivity index (χ2v) is 12.7. The topological polar surface area (TPSA) is 77.2 Å². The average Bonchev–Trinajstić information content (AvgIpc) is 3.62. The Balaban J connectivity index is 1.26. The lowest BCUT2D eigenvalue weighted by molar-refractivity contribution is 0.0663. The number of carboxylic acids is 1. The highest BCUT2D eigenvalue weighted by Crippen LogP contribution is 2.38. The van der Waals surface area contributed by atoms with E-state index in [4.69, 9.17) is 4.42 Å². The normalized spacial score (nSPS) is 13.4. The first-order valence-corrected chi connectivity index (χ1v) is 16.0. The van der Waals surface area contributed by atoms with E-state index < -0.39 is 5.97 Å². The summed E-state index contributed by atoms with van der Waals surface area (Å²) in [7, 11) is 0. The van der Waals surface area contributed by atoms with Crippen LogP contribution in [0.1, 0.15) is 36.9 Å². The van der Waals surface area contributed by atoms with Crippen molar-refractivity contribution >= 4 is 57.5 Å². The van der Waals surface area contributed by atoms with Gasteiger partial charge >= 0.3 is 5.97 Å². The standard InChI is InChI=1S/C34H33N3O4S2/c1-23-20-31(42-22-23)33(38)36-18-16-35(17-19-36)28-10-6-7-11-29(28)37(15-14-25-8-4-3-5-9-25)43-26-12-13-30-27(21-26)24(2)32(41-30)34(39)40/h3-13,20-22H,14-19H2,1-2H3,(H,39,40). The predicted octanol–water partition coefficient (Wildman–Crippen LogP) is 7.53. The van der Waals surface area contributed by atoms with Gasteiger partial charge in [-0.25, -0.2) is 4.79 Å². The minimum Gasteiger partial charge on any atom is -0.475 e. The highest BCUT2D eigenvalue weighted by Gasteiger charge is 2.26. The maximum atomic E-state index is 13.1. The Bertz CT molecular complexity index is 1760. The van der Waals surface area contributed by atoms with Crippen molar-refractivity contribution in [2.24, 2.45) is 0 Å². The number of nitrogens with zero attached hydrogens (tertiary/aromatic N) is 3. The van der Waals surface area contributed by atoms with Gasteiger partial charge in [-0.2, -0.15) is 0 Å². The Hall–Kier alpha value is -4.21. The van der Waals surface area contributed by atoms with E-state index in [0.29, 0.717) is 24.2 Å². The Labute approximate surface area is 259 Å². The Morgan fingerprint density at radius 3 is 2.42 bits per heavy atom. The first-order chi connectivity index (χ1) is 20.9. The molecule has 3 aromatic carbocycles. The quantitative estimate of drug-likeness (QED) is 0.173. The first-order valence-electron chi connectivity index (χ1n) is 14.3. The van der Waals surface area contributed by atoms with E-state index in [1.165, 1.54) is 16.9 Å². The number of anilines is 2. The number of piperazine rings is 1. The lowest BCUT2D eigenvalue weighted by Crippen LogP contribution is -2.49. The van der Waals surface area contributed by atoms with Crippen molar-refractivity contribution in [1.29, 1.82) is 0 Å². The highest BCUT2D eigenvalue weighted by atomic mass is 32.2. The molecule has 1 aliphatic heterocycles. The van der Waals surface area contributed by atoms with E-state index in [9.17, 15) is 14.7 Å². The molecule has 9 heteroatoms. The van der Waals surface area contributed by atoms with Crippen molar-refractivity contribution in [1.82, 2.24) is 4.90 Å². The SMILES string of the molecule is Cc1csc(C(=O)N2CCN(c3ccccc3N(CCc3ccccc3)Sc3ccc4oc(C(=O)O)c(C)c4c3)CC2)c1. The van der Waals surface area contributed by atoms with Crippen molar-refractivity contribution in [3.05, 3.63) is 112 Å². The predicted molar refractivity (Wildman–Crippen MR) is 175 cm³/mol. The number of amides is 1. The smallest absolute Gasteiger partial charge is 0.372 e. The van der Waals surface area contributed by atoms with Gasteiger partial charge < -0.3 is 23.6 Å². The summed E-state index contributed by atoms with van der Waals surface area (Å²) < 4.78 is 7.93. The molecule has 1 saturated heterocycles. The average molecular weight is 612 g/mol. The fourth-order valence-electron chi connectivity index (χ4n) is 5.47. The highest BCUT2D eigenvalue weighted by molar-refractivity contribution is 8.00. The van der Waals surface area contributed by atoms with Crippen molar-refractivity contribution < 1.29 is 19.1 Å². The van der Waals surface area contributed by atoms with Crippen LogP contribution in [0.25, 0.3) is 11.0 Å². The maximum Gasteiger partial charge on any atom is 0.372 e. The zero-order valence-electron chi connectivity index (χ0n) is 24.2. The molecule has 0 bridgehead atoms. The molecule has 1 aliphatic rings. The molecule has 0 aliphatic carbocycles. The van der Waals surface area contributed by atoms with E-state index >= 15 is 0 Å². The molecule has 6 rings (SSSR count). The third-order valence-electron chi connectivity index (χ3n) is 7.76. The molecule has 1 fully saturated rings. The number of thiophene rings is 1. The lowest BCUT2D eigenvalue weighted by Gasteiger charge is -2.38. The fourth-order valence-corrected chi connectivity index (χ4v) is 7.32. The molecule has 0 atom stereocenters. The van der Waals surface area contributed by atoms with Crippen LogP contribution in [0.4, 0.5) is 11.4 Å². The number of aromatic carboxylic acids is 1. The molecule has 0 unspecified atom stereocenters. The van der Waals surface area contributed by atoms with E-state index in [-0.39, 0.29) is 11.7 Å². The number of fused-ring (bicyclic) bond motifs is 1. The Kier molecular flexibility index (Phi) is 8.44. The fraction of sp³-hybridized carbons (Fsp3) is 0.235. The summed E-state index contributed by atoms with van der Waals surface area (Å²) >= 11 is 3.15. The molecule has 5 aromatic rings. The number of para-hydroxylation sites is 2. The molecule has 43 heavy (non-hydrogen) atoms. The van der Waals surface area contributed by atoms with E-state index in [0.717, 1.165) is 58.2 Å². The number of furan rings is 1. The number of aryl methyl sites for hydroxylation is 2. The second-order valence-electron chi connectivity index (χ2n) is 10.7. The van der Waals surface area contributed by atoms with Crippen LogP contribution in [-0.4, -0.2) is 54.6 Å². The van der Waals surface area contributed by atoms with E-state index in [1.807, 2.05) is 47.5 Å². The molecule has 1 N–H and O–H groups in total. The summed E-state index contributed by atoms with van der Waals surface area (Å²) in [5.74, 6) is -0.967. The summed E-state index contributed by atoms with van der Waals surface area (Å²) in [5, 5.41) is 12.4. The van der Waals surface area contributed by atoms with E-state index in [2.05, 4.69) is 57.7 Å². The molecule has 0 saturated carbocycles. The number of carbonyl (C=O) groups is 2. The van der Waals surface area contributed by atoms with Crippen LogP contribution in [0.5, 0.6) is 0 Å². The van der Waals surface area contributed by atoms with Gasteiger partial charge in [-0.3, -0.25) is 4.79 Å². The largest absolute Gasteiger partial charge is 0.475 e. The second kappa shape index (κ2) is 12.6. The molecule has 0 spiro atoms. The van der Waals surface area contributed by atoms with Crippen molar-refractivity contribution in [3.63, 3.8) is 0 Å². The van der Waals surface area contributed by atoms with Crippen molar-refractivity contribution in [3.8, 4) is 0 Å². The zero-order valence-corrected chi connectivity index (χ0v) is 25.8. The molecule has 0 radical (unpaired) electrons. The monoisotopic (exact) mass is 611 g/mol. The molecule has 220 valence electrons. The van der Waals surface area contributed by atoms with Crippen molar-refractivity contribution in [2.75, 3.05) is 41.9 Å². The number of benzene rings is 3. The minimum absolute atomic E-state index is 0.0183. The summed E-state index contributed by atoms with van der Waals surface area (Å²) in [6.07, 6.45) is 0.862. The lowest BCUT2D eigenvalue weighted by atomic mass is 10.1. The van der Waals surface area contributed by atoms with Gasteiger partial charge in [0.1, 0.15) is 5.58 Å². The summed E-state index contributed by atoms with van der Waals surface area (Å²) in [6, 6.07) is 26.7. The number of hydrogen-bond donors (Lipinski definition) is 1. The molecule has 1 amide bonds. The van der Waals surface area contributed by atoms with Gasteiger partial charge in [0, 0.05) is 48.6 Å². The summed E-state index contributed by atoms with van der Waals surface area (Å²) in [4.78, 5) is 30.9. The Morgan fingerprint density at radius 2 is 1.70 bits per heavy atom. The molecule has 7 nitrogen and oxygen atoms in total. The number of carboxylic acid groups (broad SMARTS) is 1. The van der Waals surface area contributed by atoms with Crippen LogP contribution in [0.3, 0.4) is 0 Å². The van der Waals surface area contributed by atoms with Gasteiger partial charge in [-0.1, -0.05) is 42.5 Å². The van der Waals surface area contributed by atoms with Gasteiger partial charge in [0.2, 0.25) is 5.76 Å². The molecular formula is C34H33N3O4S2. The van der Waals surface area contributed by atoms with Gasteiger partial charge in [-0.15, -0.1) is 11.3 Å². The third-order valence-corrected chi connectivity index (χ3v) is 9.86. The molecule has 3 heterocycles. The van der Waals surface area contributed by atoms with Crippen LogP contribution in [0.15, 0.2) is 93.6 Å². The molecule has 2 aromatic heterocycles. The number of carbonyl (C=O) groups excluding carboxylic acids is 1. The number of hydrogen-bond acceptors (Lipinski definition) is 7. The molecular weight excluding hydrogens is 579 g/mol. The zero-order chi connectivity index (χ0) is 29.9. The van der Waals surface area contributed by atoms with Crippen LogP contribution in [-0.2, 0) is 6.42 Å². The van der Waals surface area contributed by atoms with Crippen LogP contribution in [0, 0.1) is 13.8 Å². The van der Waals surface area contributed by atoms with Crippen molar-refractivity contribution in [2.45, 2.75) is 25.2 Å². The minimum atomic E-state index is -1.06. The maximum absolute atomic E-state index is 13.1. The van der Waals surface area contributed by atoms with Crippen LogP contribution >= 0.6 is 23.3 Å². The van der Waals surface area contributed by atoms with Gasteiger partial charge in [0.25, 0.3) is 5.91 Å². The van der Waals surface area contributed by atoms with Gasteiger partial charge in [0.15, 0.2) is 0 Å². The summed E-state index contributed by atoms with van der Waals surface area (Å²) in [6.45, 7) is 7.42. The third kappa shape index (κ3) is 6.28. The van der Waals surface area contributed by atoms with Gasteiger partial charge in [-0.05, 0) is 85.1 Å². The van der Waals surface area contributed by atoms with Crippen LogP contribution in [0.2, 0.25) is 0 Å².